The molecule has 0 amide bonds. The number of benzene rings is 2. The quantitative estimate of drug-likeness (QED) is 0.492. The van der Waals surface area contributed by atoms with Crippen molar-refractivity contribution < 1.29 is 36.9 Å². The van der Waals surface area contributed by atoms with Crippen LogP contribution in [0.5, 0.6) is 11.5 Å². The maximum atomic E-state index is 14.2. The lowest BCUT2D eigenvalue weighted by atomic mass is 10.0. The van der Waals surface area contributed by atoms with E-state index in [0.29, 0.717) is 5.56 Å². The molecule has 1 aliphatic heterocycles. The van der Waals surface area contributed by atoms with Crippen molar-refractivity contribution >= 4 is 16.9 Å². The van der Waals surface area contributed by atoms with Gasteiger partial charge in [0.15, 0.2) is 5.56 Å². The molecule has 1 aliphatic rings. The van der Waals surface area contributed by atoms with Crippen LogP contribution in [0.25, 0.3) is 10.9 Å². The van der Waals surface area contributed by atoms with Gasteiger partial charge in [-0.3, -0.25) is 9.36 Å². The van der Waals surface area contributed by atoms with E-state index in [0.717, 1.165) is 28.8 Å². The number of rotatable bonds is 3. The second-order valence-electron chi connectivity index (χ2n) is 6.89. The van der Waals surface area contributed by atoms with Gasteiger partial charge in [0, 0.05) is 11.5 Å². The summed E-state index contributed by atoms with van der Waals surface area (Å²) in [5.74, 6) is -2.69. The zero-order valence-corrected chi connectivity index (χ0v) is 16.0. The summed E-state index contributed by atoms with van der Waals surface area (Å²) in [6.07, 6.45) is -5.45. The number of alkyl halides is 3. The van der Waals surface area contributed by atoms with E-state index >= 15 is 0 Å². The Morgan fingerprint density at radius 3 is 2.55 bits per heavy atom. The first-order chi connectivity index (χ1) is 14.6. The van der Waals surface area contributed by atoms with Crippen molar-refractivity contribution in [2.24, 2.45) is 0 Å². The number of aromatic nitrogens is 1. The molecule has 2 heterocycles. The summed E-state index contributed by atoms with van der Waals surface area (Å²) in [6.45, 7) is 1.29. The topological polar surface area (TPSA) is 77.8 Å². The van der Waals surface area contributed by atoms with Gasteiger partial charge in [-0.2, -0.15) is 13.2 Å². The molecule has 1 atom stereocenters. The lowest BCUT2D eigenvalue weighted by Gasteiger charge is -2.29. The molecular formula is C21H15F4NO5. The minimum absolute atomic E-state index is 0.0541. The highest BCUT2D eigenvalue weighted by Crippen LogP contribution is 2.40. The van der Waals surface area contributed by atoms with Crippen LogP contribution in [0.2, 0.25) is 0 Å². The number of nitrogens with zero attached hydrogens (tertiary/aromatic N) is 1. The van der Waals surface area contributed by atoms with Crippen molar-refractivity contribution in [3.8, 4) is 11.5 Å². The largest absolute Gasteiger partial charge is 0.506 e. The van der Waals surface area contributed by atoms with Crippen LogP contribution in [0.1, 0.15) is 34.5 Å². The predicted molar refractivity (Wildman–Crippen MR) is 101 cm³/mol. The number of carbonyl (C=O) groups is 1. The van der Waals surface area contributed by atoms with E-state index in [1.165, 1.54) is 19.1 Å². The molecule has 0 fully saturated rings. The van der Waals surface area contributed by atoms with Crippen molar-refractivity contribution in [1.82, 2.24) is 4.57 Å². The van der Waals surface area contributed by atoms with Gasteiger partial charge in [0.1, 0.15) is 23.4 Å². The molecule has 0 aliphatic carbocycles. The predicted octanol–water partition coefficient (Wildman–Crippen LogP) is 4.18. The minimum Gasteiger partial charge on any atom is -0.506 e. The van der Waals surface area contributed by atoms with E-state index < -0.39 is 46.5 Å². The zero-order chi connectivity index (χ0) is 22.5. The number of hydrogen-bond donors (Lipinski definition) is 1. The second kappa shape index (κ2) is 7.29. The molecule has 0 bridgehead atoms. The summed E-state index contributed by atoms with van der Waals surface area (Å²) < 4.78 is 64.4. The van der Waals surface area contributed by atoms with Gasteiger partial charge in [0.2, 0.25) is 0 Å². The van der Waals surface area contributed by atoms with Gasteiger partial charge in [-0.25, -0.2) is 9.18 Å². The first-order valence-corrected chi connectivity index (χ1v) is 9.21. The third-order valence-electron chi connectivity index (χ3n) is 4.97. The Kier molecular flexibility index (Phi) is 4.87. The Morgan fingerprint density at radius 2 is 1.94 bits per heavy atom. The van der Waals surface area contributed by atoms with Crippen molar-refractivity contribution in [3.63, 3.8) is 0 Å². The Morgan fingerprint density at radius 1 is 1.26 bits per heavy atom. The van der Waals surface area contributed by atoms with Gasteiger partial charge in [0.25, 0.3) is 5.56 Å². The summed E-state index contributed by atoms with van der Waals surface area (Å²) in [6, 6.07) is 6.10. The fourth-order valence-corrected chi connectivity index (χ4v) is 3.57. The number of hydrogen-bond acceptors (Lipinski definition) is 5. The molecule has 0 saturated carbocycles. The number of ether oxygens (including phenoxy) is 2. The number of aromatic hydroxyl groups is 1. The number of pyridine rings is 1. The molecule has 0 saturated heterocycles. The Bertz CT molecular complexity index is 1250. The monoisotopic (exact) mass is 437 g/mol. The minimum atomic E-state index is -4.52. The molecule has 1 aromatic heterocycles. The van der Waals surface area contributed by atoms with Crippen molar-refractivity contribution in [2.45, 2.75) is 25.7 Å². The molecule has 31 heavy (non-hydrogen) atoms. The van der Waals surface area contributed by atoms with Crippen LogP contribution in [-0.2, 0) is 17.5 Å². The smallest absolute Gasteiger partial charge is 0.416 e. The average molecular weight is 437 g/mol. The molecule has 3 aromatic rings. The summed E-state index contributed by atoms with van der Waals surface area (Å²) >= 11 is 0. The third-order valence-corrected chi connectivity index (χ3v) is 4.97. The number of halogens is 4. The lowest BCUT2D eigenvalue weighted by molar-refractivity contribution is -0.137. The Labute approximate surface area is 172 Å². The van der Waals surface area contributed by atoms with Gasteiger partial charge >= 0.3 is 12.1 Å². The van der Waals surface area contributed by atoms with Gasteiger partial charge < -0.3 is 14.6 Å². The van der Waals surface area contributed by atoms with Gasteiger partial charge in [-0.15, -0.1) is 0 Å². The Hall–Kier alpha value is -3.56. The van der Waals surface area contributed by atoms with E-state index in [1.54, 1.807) is 0 Å². The van der Waals surface area contributed by atoms with E-state index in [4.69, 9.17) is 9.47 Å². The molecule has 10 heteroatoms. The van der Waals surface area contributed by atoms with Crippen molar-refractivity contribution in [2.75, 3.05) is 6.61 Å². The van der Waals surface area contributed by atoms with Crippen LogP contribution in [0, 0.1) is 5.82 Å². The lowest BCUT2D eigenvalue weighted by Crippen LogP contribution is -2.33. The molecule has 0 spiro atoms. The molecule has 6 nitrogen and oxygen atoms in total. The highest BCUT2D eigenvalue weighted by atomic mass is 19.4. The van der Waals surface area contributed by atoms with Gasteiger partial charge in [-0.05, 0) is 30.7 Å². The summed E-state index contributed by atoms with van der Waals surface area (Å²) in [4.78, 5) is 25.2. The highest BCUT2D eigenvalue weighted by molar-refractivity contribution is 6.01. The fourth-order valence-electron chi connectivity index (χ4n) is 3.57. The normalized spacial score (nSPS) is 15.6. The maximum Gasteiger partial charge on any atom is 0.416 e. The molecule has 162 valence electrons. The highest BCUT2D eigenvalue weighted by Gasteiger charge is 2.33. The van der Waals surface area contributed by atoms with Crippen LogP contribution >= 0.6 is 0 Å². The van der Waals surface area contributed by atoms with E-state index in [1.807, 2.05) is 0 Å². The van der Waals surface area contributed by atoms with E-state index in [9.17, 15) is 32.3 Å². The van der Waals surface area contributed by atoms with Gasteiger partial charge in [-0.1, -0.05) is 12.1 Å². The standard InChI is InChI=1S/C21H15F4NO5/c1-2-30-20(29)16-18(27)13-7-12(22)8-14-17(13)26(19(16)28)9-15(31-14)10-3-5-11(6-4-10)21(23,24)25/h3-8,15,27H,2,9H2,1H3. The first kappa shape index (κ1) is 20.7. The first-order valence-electron chi connectivity index (χ1n) is 9.21. The Balaban J connectivity index is 1.87. The third kappa shape index (κ3) is 3.47. The molecule has 2 aromatic carbocycles. The molecule has 1 N–H and O–H groups in total. The van der Waals surface area contributed by atoms with Crippen LogP contribution in [0.15, 0.2) is 41.2 Å². The second-order valence-corrected chi connectivity index (χ2v) is 6.89. The summed E-state index contributed by atoms with van der Waals surface area (Å²) in [5, 5.41) is 10.3. The van der Waals surface area contributed by atoms with Crippen molar-refractivity contribution in [1.29, 1.82) is 0 Å². The number of esters is 1. The maximum absolute atomic E-state index is 14.2. The molecule has 0 radical (unpaired) electrons. The SMILES string of the molecule is CCOC(=O)c1c(O)c2cc(F)cc3c2n(c1=O)CC(c1ccc(C(F)(F)F)cc1)O3. The summed E-state index contributed by atoms with van der Waals surface area (Å²) in [5.41, 5.74) is -2.00. The van der Waals surface area contributed by atoms with Crippen LogP contribution in [0.3, 0.4) is 0 Å². The fraction of sp³-hybridized carbons (Fsp3) is 0.238. The summed E-state index contributed by atoms with van der Waals surface area (Å²) in [7, 11) is 0. The average Bonchev–Trinajstić information content (AvgIpc) is 2.71. The van der Waals surface area contributed by atoms with Crippen LogP contribution in [0.4, 0.5) is 17.6 Å². The van der Waals surface area contributed by atoms with Crippen LogP contribution < -0.4 is 10.3 Å². The molecule has 1 unspecified atom stereocenters. The zero-order valence-electron chi connectivity index (χ0n) is 16.0. The molecular weight excluding hydrogens is 422 g/mol. The molecule has 4 rings (SSSR count). The van der Waals surface area contributed by atoms with Gasteiger partial charge in [0.05, 0.1) is 24.2 Å². The van der Waals surface area contributed by atoms with E-state index in [-0.39, 0.29) is 29.8 Å². The number of carbonyl (C=O) groups excluding carboxylic acids is 1. The van der Waals surface area contributed by atoms with Crippen LogP contribution in [-0.4, -0.2) is 22.2 Å². The van der Waals surface area contributed by atoms with Crippen molar-refractivity contribution in [3.05, 3.63) is 69.3 Å². The van der Waals surface area contributed by atoms with E-state index in [2.05, 4.69) is 0 Å².